The van der Waals surface area contributed by atoms with Crippen LogP contribution in [0.15, 0.2) is 42.6 Å². The molecule has 1 aromatic rings. The maximum Gasteiger partial charge on any atom is 0.322 e. The van der Waals surface area contributed by atoms with Gasteiger partial charge in [0.15, 0.2) is 0 Å². The highest BCUT2D eigenvalue weighted by Crippen LogP contribution is 2.17. The van der Waals surface area contributed by atoms with Crippen LogP contribution in [-0.2, 0) is 16.0 Å². The van der Waals surface area contributed by atoms with Crippen LogP contribution in [0.3, 0.4) is 0 Å². The molecule has 0 aliphatic rings. The van der Waals surface area contributed by atoms with Crippen molar-refractivity contribution in [2.45, 2.75) is 24.6 Å². The van der Waals surface area contributed by atoms with E-state index in [-0.39, 0.29) is 18.5 Å². The number of allylic oxidation sites excluding steroid dienone is 1. The molecule has 0 heterocycles. The summed E-state index contributed by atoms with van der Waals surface area (Å²) >= 11 is 1.39. The van der Waals surface area contributed by atoms with Gasteiger partial charge in [0.25, 0.3) is 0 Å². The number of hydrogen-bond acceptors (Lipinski definition) is 4. The zero-order valence-corrected chi connectivity index (χ0v) is 13.7. The van der Waals surface area contributed by atoms with E-state index in [1.54, 1.807) is 0 Å². The average Bonchev–Trinajstić information content (AvgIpc) is 2.46. The van der Waals surface area contributed by atoms with Gasteiger partial charge in [0, 0.05) is 5.70 Å². The maximum absolute atomic E-state index is 12.2. The first-order chi connectivity index (χ1) is 10.4. The van der Waals surface area contributed by atoms with Gasteiger partial charge in [-0.05, 0) is 25.2 Å². The van der Waals surface area contributed by atoms with Crippen LogP contribution in [0.2, 0.25) is 0 Å². The second-order valence-corrected chi connectivity index (χ2v) is 5.97. The van der Waals surface area contributed by atoms with Crippen molar-refractivity contribution in [1.29, 1.82) is 0 Å². The lowest BCUT2D eigenvalue weighted by Gasteiger charge is -2.27. The van der Waals surface area contributed by atoms with Gasteiger partial charge in [-0.3, -0.25) is 9.59 Å². The fourth-order valence-electron chi connectivity index (χ4n) is 2.14. The molecule has 0 spiro atoms. The topological polar surface area (TPSA) is 78.4 Å². The molecule has 0 saturated heterocycles. The van der Waals surface area contributed by atoms with Gasteiger partial charge in [0.1, 0.15) is 11.8 Å². The van der Waals surface area contributed by atoms with E-state index in [0.29, 0.717) is 6.42 Å². The average molecular weight is 322 g/mol. The Bertz CT molecular complexity index is 519. The van der Waals surface area contributed by atoms with Gasteiger partial charge >= 0.3 is 5.97 Å². The summed E-state index contributed by atoms with van der Waals surface area (Å²) in [5.74, 6) is -1.34. The Hall–Kier alpha value is -1.95. The Morgan fingerprint density at radius 2 is 1.95 bits per heavy atom. The molecule has 1 aromatic carbocycles. The molecule has 2 unspecified atom stereocenters. The van der Waals surface area contributed by atoms with Crippen LogP contribution in [0, 0.1) is 0 Å². The molecule has 0 bridgehead atoms. The highest BCUT2D eigenvalue weighted by molar-refractivity contribution is 8.00. The van der Waals surface area contributed by atoms with Crippen molar-refractivity contribution in [1.82, 2.24) is 10.6 Å². The number of thioether (sulfide) groups is 1. The fraction of sp³-hybridized carbons (Fsp3) is 0.375. The van der Waals surface area contributed by atoms with Gasteiger partial charge in [-0.25, -0.2) is 0 Å². The van der Waals surface area contributed by atoms with Gasteiger partial charge in [-0.2, -0.15) is 0 Å². The molecule has 22 heavy (non-hydrogen) atoms. The van der Waals surface area contributed by atoms with Gasteiger partial charge in [0.2, 0.25) is 5.91 Å². The molecular weight excluding hydrogens is 300 g/mol. The summed E-state index contributed by atoms with van der Waals surface area (Å²) in [6.45, 7) is 5.30. The summed E-state index contributed by atoms with van der Waals surface area (Å²) in [4.78, 5) is 22.8. The molecule has 3 N–H and O–H groups in total. The van der Waals surface area contributed by atoms with Crippen LogP contribution in [0.4, 0.5) is 0 Å². The van der Waals surface area contributed by atoms with Crippen LogP contribution in [0.25, 0.3) is 0 Å². The summed E-state index contributed by atoms with van der Waals surface area (Å²) in [7, 11) is 0. The van der Waals surface area contributed by atoms with Crippen LogP contribution in [-0.4, -0.2) is 41.1 Å². The highest BCUT2D eigenvalue weighted by Gasteiger charge is 2.28. The molecule has 0 aliphatic heterocycles. The first-order valence-corrected chi connectivity index (χ1v) is 8.21. The molecule has 120 valence electrons. The van der Waals surface area contributed by atoms with E-state index in [2.05, 4.69) is 17.2 Å². The number of carboxylic acids is 1. The predicted molar refractivity (Wildman–Crippen MR) is 89.8 cm³/mol. The van der Waals surface area contributed by atoms with Gasteiger partial charge in [-0.15, -0.1) is 11.8 Å². The van der Waals surface area contributed by atoms with Crippen molar-refractivity contribution in [3.8, 4) is 0 Å². The molecule has 0 radical (unpaired) electrons. The molecular formula is C16H22N2O3S. The predicted octanol–water partition coefficient (Wildman–Crippen LogP) is 1.65. The van der Waals surface area contributed by atoms with Gasteiger partial charge in [-0.1, -0.05) is 36.9 Å². The summed E-state index contributed by atoms with van der Waals surface area (Å²) in [5, 5.41) is 13.9. The monoisotopic (exact) mass is 322 g/mol. The largest absolute Gasteiger partial charge is 0.480 e. The zero-order valence-electron chi connectivity index (χ0n) is 12.8. The zero-order chi connectivity index (χ0) is 16.5. The normalized spacial score (nSPS) is 13.0. The third kappa shape index (κ3) is 6.22. The van der Waals surface area contributed by atoms with E-state index in [0.717, 1.165) is 11.3 Å². The molecule has 5 nitrogen and oxygen atoms in total. The van der Waals surface area contributed by atoms with E-state index in [9.17, 15) is 9.59 Å². The van der Waals surface area contributed by atoms with E-state index in [1.165, 1.54) is 11.8 Å². The number of carboxylic acid groups (broad SMARTS) is 1. The standard InChI is InChI=1S/C16H22N2O3S/c1-11(2)18-13(9-12-7-5-4-6-8-12)15(22-3)16(21)17-10-14(19)20/h4-8,13,15,18H,1,9-10H2,2-3H3,(H,17,21)(H,19,20). The van der Waals surface area contributed by atoms with Crippen molar-refractivity contribution >= 4 is 23.6 Å². The van der Waals surface area contributed by atoms with Crippen LogP contribution >= 0.6 is 11.8 Å². The van der Waals surface area contributed by atoms with Gasteiger partial charge < -0.3 is 15.7 Å². The SMILES string of the molecule is C=C(C)NC(Cc1ccccc1)C(SC)C(=O)NCC(=O)O. The first kappa shape index (κ1) is 18.1. The summed E-state index contributed by atoms with van der Waals surface area (Å²) in [5.41, 5.74) is 1.87. The Balaban J connectivity index is 2.84. The Morgan fingerprint density at radius 3 is 2.45 bits per heavy atom. The van der Waals surface area contributed by atoms with Crippen LogP contribution < -0.4 is 10.6 Å². The van der Waals surface area contributed by atoms with Crippen LogP contribution in [0.5, 0.6) is 0 Å². The molecule has 1 rings (SSSR count). The minimum atomic E-state index is -1.05. The minimum absolute atomic E-state index is 0.163. The number of aliphatic carboxylic acids is 1. The van der Waals surface area contributed by atoms with Crippen molar-refractivity contribution in [2.24, 2.45) is 0 Å². The molecule has 0 saturated carbocycles. The number of carbonyl (C=O) groups is 2. The molecule has 2 atom stereocenters. The third-order valence-corrected chi connectivity index (χ3v) is 4.07. The smallest absolute Gasteiger partial charge is 0.322 e. The lowest BCUT2D eigenvalue weighted by molar-refractivity contribution is -0.137. The summed E-state index contributed by atoms with van der Waals surface area (Å²) in [6.07, 6.45) is 2.49. The van der Waals surface area contributed by atoms with Crippen molar-refractivity contribution in [3.05, 3.63) is 48.2 Å². The summed E-state index contributed by atoms with van der Waals surface area (Å²) in [6, 6.07) is 9.68. The molecule has 0 aliphatic carbocycles. The number of rotatable bonds is 9. The van der Waals surface area contributed by atoms with E-state index >= 15 is 0 Å². The lowest BCUT2D eigenvalue weighted by atomic mass is 10.0. The molecule has 0 fully saturated rings. The highest BCUT2D eigenvalue weighted by atomic mass is 32.2. The lowest BCUT2D eigenvalue weighted by Crippen LogP contribution is -2.48. The van der Waals surface area contributed by atoms with E-state index in [1.807, 2.05) is 43.5 Å². The second-order valence-electron chi connectivity index (χ2n) is 4.99. The minimum Gasteiger partial charge on any atom is -0.480 e. The number of benzene rings is 1. The van der Waals surface area contributed by atoms with Crippen molar-refractivity contribution in [2.75, 3.05) is 12.8 Å². The number of hydrogen-bond donors (Lipinski definition) is 3. The quantitative estimate of drug-likeness (QED) is 0.644. The Kier molecular flexibility index (Phi) is 7.52. The molecule has 0 aromatic heterocycles. The van der Waals surface area contributed by atoms with Crippen molar-refractivity contribution < 1.29 is 14.7 Å². The third-order valence-electron chi connectivity index (χ3n) is 3.02. The maximum atomic E-state index is 12.2. The Morgan fingerprint density at radius 1 is 1.32 bits per heavy atom. The van der Waals surface area contributed by atoms with Crippen LogP contribution in [0.1, 0.15) is 12.5 Å². The van der Waals surface area contributed by atoms with Crippen molar-refractivity contribution in [3.63, 3.8) is 0 Å². The molecule has 1 amide bonds. The van der Waals surface area contributed by atoms with E-state index < -0.39 is 11.2 Å². The molecule has 6 heteroatoms. The second kappa shape index (κ2) is 9.15. The Labute approximate surface area is 135 Å². The summed E-state index contributed by atoms with van der Waals surface area (Å²) < 4.78 is 0. The van der Waals surface area contributed by atoms with E-state index in [4.69, 9.17) is 5.11 Å². The number of carbonyl (C=O) groups excluding carboxylic acids is 1. The number of nitrogens with one attached hydrogen (secondary N) is 2. The fourth-order valence-corrected chi connectivity index (χ4v) is 2.93. The number of amides is 1. The van der Waals surface area contributed by atoms with Gasteiger partial charge in [0.05, 0.1) is 6.04 Å². The first-order valence-electron chi connectivity index (χ1n) is 6.92.